The van der Waals surface area contributed by atoms with E-state index in [1.807, 2.05) is 62.6 Å². The second kappa shape index (κ2) is 10.2. The van der Waals surface area contributed by atoms with Crippen LogP contribution in [0.15, 0.2) is 64.5 Å². The summed E-state index contributed by atoms with van der Waals surface area (Å²) in [6.45, 7) is 1.94. The maximum atomic E-state index is 13.0. The van der Waals surface area contributed by atoms with E-state index in [2.05, 4.69) is 15.2 Å². The molecule has 0 bridgehead atoms. The molecule has 3 rings (SSSR count). The molecule has 0 fully saturated rings. The zero-order valence-electron chi connectivity index (χ0n) is 16.8. The third kappa shape index (κ3) is 5.92. The summed E-state index contributed by atoms with van der Waals surface area (Å²) in [5.74, 6) is 0.131. The topological polar surface area (TPSA) is 67.2 Å². The van der Waals surface area contributed by atoms with Crippen LogP contribution >= 0.6 is 11.8 Å². The normalized spacial score (nSPS) is 11.1. The number of rotatable bonds is 9. The van der Waals surface area contributed by atoms with Gasteiger partial charge in [0.15, 0.2) is 5.16 Å². The molecule has 3 aromatic rings. The van der Waals surface area contributed by atoms with E-state index >= 15 is 0 Å². The Labute approximate surface area is 174 Å². The smallest absolute Gasteiger partial charge is 0.262 e. The Morgan fingerprint density at radius 1 is 1.10 bits per heavy atom. The monoisotopic (exact) mass is 410 g/mol. The molecule has 0 aliphatic rings. The molecule has 1 N–H and O–H groups in total. The Morgan fingerprint density at radius 2 is 1.83 bits per heavy atom. The second-order valence-electron chi connectivity index (χ2n) is 7.08. The van der Waals surface area contributed by atoms with Crippen molar-refractivity contribution in [3.63, 3.8) is 0 Å². The Bertz CT molecular complexity index is 1020. The van der Waals surface area contributed by atoms with Gasteiger partial charge in [0.2, 0.25) is 5.91 Å². The molecule has 29 heavy (non-hydrogen) atoms. The summed E-state index contributed by atoms with van der Waals surface area (Å²) >= 11 is 1.30. The van der Waals surface area contributed by atoms with Crippen LogP contribution in [-0.2, 0) is 17.9 Å². The van der Waals surface area contributed by atoms with Crippen molar-refractivity contribution >= 4 is 28.6 Å². The molecule has 0 spiro atoms. The van der Waals surface area contributed by atoms with E-state index in [1.54, 1.807) is 10.6 Å². The first-order chi connectivity index (χ1) is 14.0. The van der Waals surface area contributed by atoms with Crippen molar-refractivity contribution in [3.05, 3.63) is 70.5 Å². The SMILES string of the molecule is CN(C)CCCn1c(SCC(=O)NCc2ccccc2)nc2ccccc2c1=O. The van der Waals surface area contributed by atoms with Gasteiger partial charge in [0, 0.05) is 13.1 Å². The van der Waals surface area contributed by atoms with Crippen molar-refractivity contribution in [1.29, 1.82) is 0 Å². The van der Waals surface area contributed by atoms with Crippen molar-refractivity contribution in [2.45, 2.75) is 24.7 Å². The summed E-state index contributed by atoms with van der Waals surface area (Å²) in [4.78, 5) is 32.0. The lowest BCUT2D eigenvalue weighted by molar-refractivity contribution is -0.118. The first kappa shape index (κ1) is 21.1. The zero-order valence-corrected chi connectivity index (χ0v) is 17.6. The maximum Gasteiger partial charge on any atom is 0.262 e. The zero-order chi connectivity index (χ0) is 20.6. The number of fused-ring (bicyclic) bond motifs is 1. The fourth-order valence-corrected chi connectivity index (χ4v) is 3.83. The molecule has 1 aromatic heterocycles. The quantitative estimate of drug-likeness (QED) is 0.434. The van der Waals surface area contributed by atoms with Gasteiger partial charge in [-0.2, -0.15) is 0 Å². The Kier molecular flexibility index (Phi) is 7.43. The highest BCUT2D eigenvalue weighted by molar-refractivity contribution is 7.99. The molecular formula is C22H26N4O2S. The lowest BCUT2D eigenvalue weighted by Crippen LogP contribution is -2.27. The largest absolute Gasteiger partial charge is 0.351 e. The number of carbonyl (C=O) groups is 1. The van der Waals surface area contributed by atoms with Crippen molar-refractivity contribution < 1.29 is 4.79 Å². The first-order valence-electron chi connectivity index (χ1n) is 9.62. The van der Waals surface area contributed by atoms with Gasteiger partial charge in [-0.05, 0) is 44.8 Å². The molecule has 0 aliphatic carbocycles. The van der Waals surface area contributed by atoms with E-state index in [9.17, 15) is 9.59 Å². The van der Waals surface area contributed by atoms with E-state index in [4.69, 9.17) is 0 Å². The fourth-order valence-electron chi connectivity index (χ4n) is 2.98. The van der Waals surface area contributed by atoms with Crippen LogP contribution in [0.2, 0.25) is 0 Å². The number of benzene rings is 2. The van der Waals surface area contributed by atoms with Gasteiger partial charge in [-0.15, -0.1) is 0 Å². The molecule has 0 saturated heterocycles. The lowest BCUT2D eigenvalue weighted by atomic mass is 10.2. The van der Waals surface area contributed by atoms with Crippen molar-refractivity contribution in [2.24, 2.45) is 0 Å². The van der Waals surface area contributed by atoms with Crippen LogP contribution < -0.4 is 10.9 Å². The number of carbonyl (C=O) groups excluding carboxylic acids is 1. The number of hydrogen-bond acceptors (Lipinski definition) is 5. The average molecular weight is 411 g/mol. The molecule has 6 nitrogen and oxygen atoms in total. The van der Waals surface area contributed by atoms with Gasteiger partial charge in [-0.25, -0.2) is 4.98 Å². The summed E-state index contributed by atoms with van der Waals surface area (Å²) in [5, 5.41) is 4.11. The van der Waals surface area contributed by atoms with Crippen molar-refractivity contribution in [2.75, 3.05) is 26.4 Å². The number of aromatic nitrogens is 2. The van der Waals surface area contributed by atoms with E-state index in [1.165, 1.54) is 11.8 Å². The summed E-state index contributed by atoms with van der Waals surface area (Å²) in [5.41, 5.74) is 1.66. The fraction of sp³-hybridized carbons (Fsp3) is 0.318. The average Bonchev–Trinajstić information content (AvgIpc) is 2.73. The van der Waals surface area contributed by atoms with E-state index in [0.29, 0.717) is 29.1 Å². The summed E-state index contributed by atoms with van der Waals surface area (Å²) in [6.07, 6.45) is 0.834. The minimum Gasteiger partial charge on any atom is -0.351 e. The lowest BCUT2D eigenvalue weighted by Gasteiger charge is -2.15. The summed E-state index contributed by atoms with van der Waals surface area (Å²) in [6, 6.07) is 17.1. The van der Waals surface area contributed by atoms with Gasteiger partial charge < -0.3 is 10.2 Å². The predicted molar refractivity (Wildman–Crippen MR) is 118 cm³/mol. The minimum absolute atomic E-state index is 0.0541. The Morgan fingerprint density at radius 3 is 2.59 bits per heavy atom. The molecule has 1 amide bonds. The molecular weight excluding hydrogens is 384 g/mol. The predicted octanol–water partition coefficient (Wildman–Crippen LogP) is 2.76. The number of amides is 1. The van der Waals surface area contributed by atoms with E-state index in [-0.39, 0.29) is 17.2 Å². The maximum absolute atomic E-state index is 13.0. The van der Waals surface area contributed by atoms with Gasteiger partial charge in [0.25, 0.3) is 5.56 Å². The van der Waals surface area contributed by atoms with Gasteiger partial charge in [-0.3, -0.25) is 14.2 Å². The molecule has 7 heteroatoms. The van der Waals surface area contributed by atoms with Crippen LogP contribution in [0.1, 0.15) is 12.0 Å². The molecule has 0 unspecified atom stereocenters. The van der Waals surface area contributed by atoms with Crippen LogP contribution in [0.25, 0.3) is 10.9 Å². The number of nitrogens with zero attached hydrogens (tertiary/aromatic N) is 3. The minimum atomic E-state index is -0.0823. The first-order valence-corrected chi connectivity index (χ1v) is 10.6. The highest BCUT2D eigenvalue weighted by Gasteiger charge is 2.13. The number of thioether (sulfide) groups is 1. The van der Waals surface area contributed by atoms with Crippen LogP contribution in [0.3, 0.4) is 0 Å². The highest BCUT2D eigenvalue weighted by Crippen LogP contribution is 2.18. The van der Waals surface area contributed by atoms with E-state index < -0.39 is 0 Å². The number of hydrogen-bond donors (Lipinski definition) is 1. The second-order valence-corrected chi connectivity index (χ2v) is 8.02. The van der Waals surface area contributed by atoms with Crippen LogP contribution in [0.5, 0.6) is 0 Å². The van der Waals surface area contributed by atoms with Crippen LogP contribution in [0, 0.1) is 0 Å². The third-order valence-electron chi connectivity index (χ3n) is 4.48. The van der Waals surface area contributed by atoms with Crippen molar-refractivity contribution in [3.8, 4) is 0 Å². The van der Waals surface area contributed by atoms with Gasteiger partial charge >= 0.3 is 0 Å². The molecule has 0 atom stereocenters. The molecule has 0 saturated carbocycles. The molecule has 1 heterocycles. The van der Waals surface area contributed by atoms with Crippen molar-refractivity contribution in [1.82, 2.24) is 19.8 Å². The van der Waals surface area contributed by atoms with Gasteiger partial charge in [-0.1, -0.05) is 54.2 Å². The molecule has 0 radical (unpaired) electrons. The van der Waals surface area contributed by atoms with Crippen LogP contribution in [-0.4, -0.2) is 46.8 Å². The number of nitrogens with one attached hydrogen (secondary N) is 1. The standard InChI is InChI=1S/C22H26N4O2S/c1-25(2)13-8-14-26-21(28)18-11-6-7-12-19(18)24-22(26)29-16-20(27)23-15-17-9-4-3-5-10-17/h3-7,9-12H,8,13-16H2,1-2H3,(H,23,27). The summed E-state index contributed by atoms with van der Waals surface area (Å²) < 4.78 is 1.70. The van der Waals surface area contributed by atoms with Gasteiger partial charge in [0.1, 0.15) is 0 Å². The Balaban J connectivity index is 1.72. The number of para-hydroxylation sites is 1. The third-order valence-corrected chi connectivity index (χ3v) is 5.45. The van der Waals surface area contributed by atoms with Crippen LogP contribution in [0.4, 0.5) is 0 Å². The molecule has 152 valence electrons. The molecule has 2 aromatic carbocycles. The summed E-state index contributed by atoms with van der Waals surface area (Å²) in [7, 11) is 4.02. The highest BCUT2D eigenvalue weighted by atomic mass is 32.2. The van der Waals surface area contributed by atoms with Gasteiger partial charge in [0.05, 0.1) is 16.7 Å². The molecule has 0 aliphatic heterocycles. The van der Waals surface area contributed by atoms with E-state index in [0.717, 1.165) is 18.5 Å². The Hall–Kier alpha value is -2.64.